The highest BCUT2D eigenvalue weighted by molar-refractivity contribution is 7.89. The lowest BCUT2D eigenvalue weighted by molar-refractivity contribution is 0.185. The van der Waals surface area contributed by atoms with Gasteiger partial charge in [0, 0.05) is 32.2 Å². The normalized spacial score (nSPS) is 24.1. The molecule has 5 heteroatoms. The van der Waals surface area contributed by atoms with Gasteiger partial charge in [0.2, 0.25) is 10.0 Å². The zero-order valence-corrected chi connectivity index (χ0v) is 13.5. The lowest BCUT2D eigenvalue weighted by Crippen LogP contribution is -2.42. The molecule has 4 nitrogen and oxygen atoms in total. The molecular weight excluding hydrogens is 284 g/mol. The number of nitrogens with zero attached hydrogens (tertiary/aromatic N) is 2. The van der Waals surface area contributed by atoms with Gasteiger partial charge in [0.25, 0.3) is 0 Å². The Morgan fingerprint density at radius 1 is 1.19 bits per heavy atom. The Kier molecular flexibility index (Phi) is 4.33. The summed E-state index contributed by atoms with van der Waals surface area (Å²) in [4.78, 5) is 2.46. The Morgan fingerprint density at radius 3 is 2.71 bits per heavy atom. The first-order chi connectivity index (χ1) is 10.1. The van der Waals surface area contributed by atoms with Crippen LogP contribution in [0.3, 0.4) is 0 Å². The number of fused-ring (bicyclic) bond motifs is 1. The molecule has 0 N–H and O–H groups in total. The summed E-state index contributed by atoms with van der Waals surface area (Å²) in [5, 5.41) is 0. The molecule has 0 bridgehead atoms. The minimum absolute atomic E-state index is 0.280. The molecule has 2 aliphatic heterocycles. The molecule has 1 fully saturated rings. The van der Waals surface area contributed by atoms with Crippen LogP contribution in [0.2, 0.25) is 0 Å². The summed E-state index contributed by atoms with van der Waals surface area (Å²) in [7, 11) is -3.04. The van der Waals surface area contributed by atoms with Gasteiger partial charge in [0.1, 0.15) is 0 Å². The molecule has 0 radical (unpaired) electrons. The topological polar surface area (TPSA) is 40.6 Å². The van der Waals surface area contributed by atoms with Crippen LogP contribution in [0.15, 0.2) is 24.3 Å². The number of hydrogen-bond acceptors (Lipinski definition) is 3. The standard InChI is InChI=1S/C16H24N2O2S/c1-2-11-21(19,20)18-10-8-16(13-18)17-9-7-14-5-3-4-6-15(14)12-17/h3-6,16H,2,7-13H2,1H3. The van der Waals surface area contributed by atoms with E-state index >= 15 is 0 Å². The summed E-state index contributed by atoms with van der Waals surface area (Å²) in [6, 6.07) is 8.98. The smallest absolute Gasteiger partial charge is 0.214 e. The summed E-state index contributed by atoms with van der Waals surface area (Å²) >= 11 is 0. The molecule has 116 valence electrons. The molecule has 1 unspecified atom stereocenters. The third-order valence-corrected chi connectivity index (χ3v) is 6.70. The van der Waals surface area contributed by atoms with E-state index in [0.29, 0.717) is 25.6 Å². The van der Waals surface area contributed by atoms with E-state index < -0.39 is 10.0 Å². The van der Waals surface area contributed by atoms with Gasteiger partial charge < -0.3 is 0 Å². The van der Waals surface area contributed by atoms with Crippen LogP contribution in [0.4, 0.5) is 0 Å². The van der Waals surface area contributed by atoms with E-state index in [2.05, 4.69) is 29.2 Å². The van der Waals surface area contributed by atoms with Gasteiger partial charge in [-0.1, -0.05) is 31.2 Å². The quantitative estimate of drug-likeness (QED) is 0.852. The first-order valence-electron chi connectivity index (χ1n) is 7.89. The maximum absolute atomic E-state index is 12.2. The molecule has 0 aliphatic carbocycles. The van der Waals surface area contributed by atoms with Gasteiger partial charge in [-0.25, -0.2) is 12.7 Å². The average molecular weight is 308 g/mol. The summed E-state index contributed by atoms with van der Waals surface area (Å²) < 4.78 is 26.0. The SMILES string of the molecule is CCCS(=O)(=O)N1CCC(N2CCc3ccccc3C2)C1. The lowest BCUT2D eigenvalue weighted by atomic mass is 9.98. The lowest BCUT2D eigenvalue weighted by Gasteiger charge is -2.33. The molecule has 1 atom stereocenters. The van der Waals surface area contributed by atoms with E-state index in [0.717, 1.165) is 25.9 Å². The zero-order valence-electron chi connectivity index (χ0n) is 12.7. The van der Waals surface area contributed by atoms with Crippen molar-refractivity contribution in [3.05, 3.63) is 35.4 Å². The van der Waals surface area contributed by atoms with Crippen molar-refractivity contribution < 1.29 is 8.42 Å². The fraction of sp³-hybridized carbons (Fsp3) is 0.625. The van der Waals surface area contributed by atoms with Gasteiger partial charge >= 0.3 is 0 Å². The van der Waals surface area contributed by atoms with Crippen LogP contribution < -0.4 is 0 Å². The van der Waals surface area contributed by atoms with Crippen molar-refractivity contribution in [2.45, 2.75) is 38.8 Å². The van der Waals surface area contributed by atoms with E-state index in [1.807, 2.05) is 6.92 Å². The van der Waals surface area contributed by atoms with E-state index in [1.165, 1.54) is 11.1 Å². The van der Waals surface area contributed by atoms with Gasteiger partial charge in [0.05, 0.1) is 5.75 Å². The third kappa shape index (κ3) is 3.15. The zero-order chi connectivity index (χ0) is 14.9. The van der Waals surface area contributed by atoms with Crippen molar-refractivity contribution in [2.75, 3.05) is 25.4 Å². The molecule has 2 heterocycles. The molecule has 0 amide bonds. The number of rotatable bonds is 4. The Bertz CT molecular complexity index is 600. The molecule has 0 saturated carbocycles. The van der Waals surface area contributed by atoms with Crippen molar-refractivity contribution in [3.8, 4) is 0 Å². The third-order valence-electron chi connectivity index (χ3n) is 4.66. The second-order valence-corrected chi connectivity index (χ2v) is 8.19. The molecule has 1 aromatic rings. The molecule has 21 heavy (non-hydrogen) atoms. The Labute approximate surface area is 127 Å². The minimum atomic E-state index is -3.04. The van der Waals surface area contributed by atoms with Crippen molar-refractivity contribution in [1.82, 2.24) is 9.21 Å². The van der Waals surface area contributed by atoms with Crippen LogP contribution in [0.1, 0.15) is 30.9 Å². The van der Waals surface area contributed by atoms with Crippen LogP contribution in [0, 0.1) is 0 Å². The van der Waals surface area contributed by atoms with Crippen LogP contribution >= 0.6 is 0 Å². The minimum Gasteiger partial charge on any atom is -0.294 e. The summed E-state index contributed by atoms with van der Waals surface area (Å²) in [6.07, 6.45) is 2.74. The predicted molar refractivity (Wildman–Crippen MR) is 84.6 cm³/mol. The summed E-state index contributed by atoms with van der Waals surface area (Å²) in [5.41, 5.74) is 2.85. The maximum Gasteiger partial charge on any atom is 0.214 e. The van der Waals surface area contributed by atoms with Gasteiger partial charge in [-0.05, 0) is 30.4 Å². The number of benzene rings is 1. The van der Waals surface area contributed by atoms with Gasteiger partial charge in [-0.2, -0.15) is 0 Å². The van der Waals surface area contributed by atoms with Crippen LogP contribution in [0.5, 0.6) is 0 Å². The largest absolute Gasteiger partial charge is 0.294 e. The van der Waals surface area contributed by atoms with Crippen LogP contribution in [0.25, 0.3) is 0 Å². The van der Waals surface area contributed by atoms with Crippen LogP contribution in [-0.2, 0) is 23.0 Å². The highest BCUT2D eigenvalue weighted by Crippen LogP contribution is 2.25. The molecule has 2 aliphatic rings. The molecule has 1 aromatic carbocycles. The number of hydrogen-bond donors (Lipinski definition) is 0. The van der Waals surface area contributed by atoms with Crippen LogP contribution in [-0.4, -0.2) is 49.1 Å². The van der Waals surface area contributed by atoms with E-state index in [4.69, 9.17) is 0 Å². The monoisotopic (exact) mass is 308 g/mol. The van der Waals surface area contributed by atoms with E-state index in [1.54, 1.807) is 4.31 Å². The highest BCUT2D eigenvalue weighted by Gasteiger charge is 2.34. The van der Waals surface area contributed by atoms with Gasteiger partial charge in [0.15, 0.2) is 0 Å². The molecular formula is C16H24N2O2S. The van der Waals surface area contributed by atoms with Gasteiger partial charge in [-0.15, -0.1) is 0 Å². The second-order valence-electron chi connectivity index (χ2n) is 6.11. The summed E-state index contributed by atoms with van der Waals surface area (Å²) in [6.45, 7) is 5.29. The Balaban J connectivity index is 1.65. The fourth-order valence-electron chi connectivity index (χ4n) is 3.48. The molecule has 0 aromatic heterocycles. The number of sulfonamides is 1. The van der Waals surface area contributed by atoms with Crippen molar-refractivity contribution >= 4 is 10.0 Å². The van der Waals surface area contributed by atoms with Gasteiger partial charge in [-0.3, -0.25) is 4.90 Å². The van der Waals surface area contributed by atoms with Crippen molar-refractivity contribution in [3.63, 3.8) is 0 Å². The highest BCUT2D eigenvalue weighted by atomic mass is 32.2. The summed E-state index contributed by atoms with van der Waals surface area (Å²) in [5.74, 6) is 0.280. The van der Waals surface area contributed by atoms with Crippen molar-refractivity contribution in [2.24, 2.45) is 0 Å². The maximum atomic E-state index is 12.2. The molecule has 1 saturated heterocycles. The predicted octanol–water partition coefficient (Wildman–Crippen LogP) is 1.86. The van der Waals surface area contributed by atoms with E-state index in [-0.39, 0.29) is 5.75 Å². The van der Waals surface area contributed by atoms with E-state index in [9.17, 15) is 8.42 Å². The second kappa shape index (κ2) is 6.07. The Morgan fingerprint density at radius 2 is 1.95 bits per heavy atom. The fourth-order valence-corrected chi connectivity index (χ4v) is 5.03. The average Bonchev–Trinajstić information content (AvgIpc) is 2.97. The molecule has 3 rings (SSSR count). The Hall–Kier alpha value is -0.910. The first kappa shape index (κ1) is 15.0. The van der Waals surface area contributed by atoms with Crippen molar-refractivity contribution in [1.29, 1.82) is 0 Å². The molecule has 0 spiro atoms. The first-order valence-corrected chi connectivity index (χ1v) is 9.49.